The number of rotatable bonds is 5. The lowest BCUT2D eigenvalue weighted by Gasteiger charge is -2.26. The lowest BCUT2D eigenvalue weighted by atomic mass is 10.1. The van der Waals surface area contributed by atoms with Gasteiger partial charge in [-0.3, -0.25) is 14.9 Å². The van der Waals surface area contributed by atoms with Gasteiger partial charge in [0.1, 0.15) is 10.5 Å². The Morgan fingerprint density at radius 3 is 2.43 bits per heavy atom. The van der Waals surface area contributed by atoms with Crippen molar-refractivity contribution in [1.29, 1.82) is 0 Å². The van der Waals surface area contributed by atoms with Gasteiger partial charge in [-0.15, -0.1) is 0 Å². The number of sulfonamides is 1. The third-order valence-corrected chi connectivity index (χ3v) is 6.69. The smallest absolute Gasteiger partial charge is 0.285 e. The summed E-state index contributed by atoms with van der Waals surface area (Å²) in [6, 6.07) is 10.6. The van der Waals surface area contributed by atoms with E-state index in [1.54, 1.807) is 31.2 Å². The first kappa shape index (κ1) is 20.0. The summed E-state index contributed by atoms with van der Waals surface area (Å²) in [6.07, 6.45) is 2.58. The number of carbonyl (C=O) groups is 1. The van der Waals surface area contributed by atoms with Gasteiger partial charge in [0.15, 0.2) is 0 Å². The van der Waals surface area contributed by atoms with Crippen LogP contribution in [0.4, 0.5) is 11.4 Å². The summed E-state index contributed by atoms with van der Waals surface area (Å²) in [6.45, 7) is 2.42. The van der Waals surface area contributed by atoms with E-state index in [0.717, 1.165) is 19.3 Å². The van der Waals surface area contributed by atoms with Gasteiger partial charge in [-0.05, 0) is 38.0 Å². The Balaban J connectivity index is 1.96. The van der Waals surface area contributed by atoms with E-state index in [9.17, 15) is 23.3 Å². The summed E-state index contributed by atoms with van der Waals surface area (Å²) in [5.74, 6) is -0.725. The van der Waals surface area contributed by atoms with E-state index < -0.39 is 20.9 Å². The topological polar surface area (TPSA) is 110 Å². The first-order valence-electron chi connectivity index (χ1n) is 8.97. The Morgan fingerprint density at radius 2 is 1.75 bits per heavy atom. The maximum atomic E-state index is 13.0. The minimum atomic E-state index is -3.77. The van der Waals surface area contributed by atoms with Gasteiger partial charge in [0.2, 0.25) is 10.0 Å². The molecule has 0 saturated carbocycles. The van der Waals surface area contributed by atoms with Crippen LogP contribution in [-0.4, -0.2) is 36.6 Å². The predicted octanol–water partition coefficient (Wildman–Crippen LogP) is 3.33. The largest absolute Gasteiger partial charge is 0.321 e. The standard InChI is InChI=1S/C19H21N3O5S/c1-14-8-7-9-15(18(14)22(24)25)19(23)20-16-10-3-4-11-17(16)28(26,27)21-12-5-2-6-13-21/h3-4,7-11H,2,5-6,12-13H2,1H3,(H,20,23). The van der Waals surface area contributed by atoms with Crippen LogP contribution in [0.2, 0.25) is 0 Å². The zero-order valence-electron chi connectivity index (χ0n) is 15.4. The molecular weight excluding hydrogens is 382 g/mol. The third-order valence-electron chi connectivity index (χ3n) is 4.73. The molecule has 0 radical (unpaired) electrons. The summed E-state index contributed by atoms with van der Waals surface area (Å²) >= 11 is 0. The van der Waals surface area contributed by atoms with Gasteiger partial charge in [0.05, 0.1) is 10.6 Å². The number of amides is 1. The number of anilines is 1. The fraction of sp³-hybridized carbons (Fsp3) is 0.316. The average Bonchev–Trinajstić information content (AvgIpc) is 2.68. The molecule has 148 valence electrons. The molecule has 0 aromatic heterocycles. The molecule has 0 unspecified atom stereocenters. The molecule has 1 N–H and O–H groups in total. The highest BCUT2D eigenvalue weighted by atomic mass is 32.2. The molecule has 1 saturated heterocycles. The van der Waals surface area contributed by atoms with Gasteiger partial charge in [-0.2, -0.15) is 4.31 Å². The molecule has 0 spiro atoms. The van der Waals surface area contributed by atoms with Crippen molar-refractivity contribution in [3.63, 3.8) is 0 Å². The molecule has 0 bridgehead atoms. The molecule has 3 rings (SSSR count). The maximum Gasteiger partial charge on any atom is 0.285 e. The molecule has 28 heavy (non-hydrogen) atoms. The van der Waals surface area contributed by atoms with E-state index >= 15 is 0 Å². The Bertz CT molecular complexity index is 1010. The number of nitro benzene ring substituents is 1. The molecule has 1 aliphatic rings. The van der Waals surface area contributed by atoms with Crippen LogP contribution in [0.3, 0.4) is 0 Å². The number of hydrogen-bond acceptors (Lipinski definition) is 5. The van der Waals surface area contributed by atoms with Gasteiger partial charge in [0, 0.05) is 18.7 Å². The first-order chi connectivity index (χ1) is 13.3. The molecule has 1 amide bonds. The lowest BCUT2D eigenvalue weighted by Crippen LogP contribution is -2.36. The highest BCUT2D eigenvalue weighted by Gasteiger charge is 2.29. The van der Waals surface area contributed by atoms with Crippen molar-refractivity contribution in [3.8, 4) is 0 Å². The zero-order valence-corrected chi connectivity index (χ0v) is 16.2. The number of nitrogens with one attached hydrogen (secondary N) is 1. The fourth-order valence-corrected chi connectivity index (χ4v) is 4.98. The SMILES string of the molecule is Cc1cccc(C(=O)Nc2ccccc2S(=O)(=O)N2CCCCC2)c1[N+](=O)[O-]. The van der Waals surface area contributed by atoms with Gasteiger partial charge >= 0.3 is 0 Å². The lowest BCUT2D eigenvalue weighted by molar-refractivity contribution is -0.385. The van der Waals surface area contributed by atoms with E-state index in [0.29, 0.717) is 18.7 Å². The first-order valence-corrected chi connectivity index (χ1v) is 10.4. The Hall–Kier alpha value is -2.78. The van der Waals surface area contributed by atoms with Crippen LogP contribution in [0.5, 0.6) is 0 Å². The van der Waals surface area contributed by atoms with E-state index in [1.165, 1.54) is 22.5 Å². The van der Waals surface area contributed by atoms with Crippen molar-refractivity contribution in [2.75, 3.05) is 18.4 Å². The predicted molar refractivity (Wildman–Crippen MR) is 105 cm³/mol. The van der Waals surface area contributed by atoms with Crippen LogP contribution in [-0.2, 0) is 10.0 Å². The minimum absolute atomic E-state index is 0.0134. The molecule has 8 nitrogen and oxygen atoms in total. The highest BCUT2D eigenvalue weighted by Crippen LogP contribution is 2.29. The summed E-state index contributed by atoms with van der Waals surface area (Å²) < 4.78 is 27.5. The number of para-hydroxylation sites is 2. The average molecular weight is 403 g/mol. The number of nitro groups is 1. The van der Waals surface area contributed by atoms with Crippen molar-refractivity contribution < 1.29 is 18.1 Å². The second kappa shape index (κ2) is 8.07. The molecule has 0 aliphatic carbocycles. The normalized spacial score (nSPS) is 15.2. The van der Waals surface area contributed by atoms with Gasteiger partial charge in [0.25, 0.3) is 11.6 Å². The fourth-order valence-electron chi connectivity index (χ4n) is 3.31. The number of carbonyl (C=O) groups excluding carboxylic acids is 1. The monoisotopic (exact) mass is 403 g/mol. The van der Waals surface area contributed by atoms with Crippen LogP contribution < -0.4 is 5.32 Å². The van der Waals surface area contributed by atoms with Crippen LogP contribution in [0.15, 0.2) is 47.4 Å². The highest BCUT2D eigenvalue weighted by molar-refractivity contribution is 7.89. The van der Waals surface area contributed by atoms with Crippen molar-refractivity contribution in [2.45, 2.75) is 31.1 Å². The molecule has 2 aromatic rings. The third kappa shape index (κ3) is 3.90. The second-order valence-electron chi connectivity index (χ2n) is 6.64. The molecule has 1 fully saturated rings. The summed E-state index contributed by atoms with van der Waals surface area (Å²) in [5.41, 5.74) is 0.0484. The molecule has 0 atom stereocenters. The van der Waals surface area contributed by atoms with Gasteiger partial charge < -0.3 is 5.32 Å². The maximum absolute atomic E-state index is 13.0. The van der Waals surface area contributed by atoms with Crippen molar-refractivity contribution >= 4 is 27.3 Å². The molecule has 9 heteroatoms. The number of aryl methyl sites for hydroxylation is 1. The van der Waals surface area contributed by atoms with Crippen LogP contribution in [0, 0.1) is 17.0 Å². The van der Waals surface area contributed by atoms with Crippen LogP contribution in [0.1, 0.15) is 35.2 Å². The van der Waals surface area contributed by atoms with E-state index in [2.05, 4.69) is 5.32 Å². The van der Waals surface area contributed by atoms with E-state index in [1.807, 2.05) is 0 Å². The van der Waals surface area contributed by atoms with Crippen LogP contribution in [0.25, 0.3) is 0 Å². The van der Waals surface area contributed by atoms with Crippen molar-refractivity contribution in [1.82, 2.24) is 4.31 Å². The second-order valence-corrected chi connectivity index (χ2v) is 8.55. The summed E-state index contributed by atoms with van der Waals surface area (Å²) in [4.78, 5) is 23.5. The van der Waals surface area contributed by atoms with E-state index in [4.69, 9.17) is 0 Å². The molecule has 1 aliphatic heterocycles. The van der Waals surface area contributed by atoms with Crippen molar-refractivity contribution in [2.24, 2.45) is 0 Å². The van der Waals surface area contributed by atoms with Gasteiger partial charge in [-0.1, -0.05) is 30.7 Å². The Morgan fingerprint density at radius 1 is 1.07 bits per heavy atom. The Kier molecular flexibility index (Phi) is 5.76. The number of benzene rings is 2. The quantitative estimate of drug-likeness (QED) is 0.608. The number of nitrogens with zero attached hydrogens (tertiary/aromatic N) is 2. The van der Waals surface area contributed by atoms with Crippen LogP contribution >= 0.6 is 0 Å². The van der Waals surface area contributed by atoms with Gasteiger partial charge in [-0.25, -0.2) is 8.42 Å². The van der Waals surface area contributed by atoms with Crippen molar-refractivity contribution in [3.05, 3.63) is 63.7 Å². The molecular formula is C19H21N3O5S. The zero-order chi connectivity index (χ0) is 20.3. The molecule has 2 aromatic carbocycles. The number of hydrogen-bond donors (Lipinski definition) is 1. The van der Waals surface area contributed by atoms with E-state index in [-0.39, 0.29) is 21.8 Å². The molecule has 1 heterocycles. The Labute approximate surface area is 163 Å². The minimum Gasteiger partial charge on any atom is -0.321 e. The summed E-state index contributed by atoms with van der Waals surface area (Å²) in [5, 5.41) is 13.9. The summed E-state index contributed by atoms with van der Waals surface area (Å²) in [7, 11) is -3.77. The number of piperidine rings is 1.